The van der Waals surface area contributed by atoms with E-state index in [2.05, 4.69) is 0 Å². The highest BCUT2D eigenvalue weighted by Gasteiger charge is 2.13. The highest BCUT2D eigenvalue weighted by Crippen LogP contribution is 2.00. The topological polar surface area (TPSA) is 52.9 Å². The number of ether oxygens (including phenoxy) is 1. The van der Waals surface area contributed by atoms with Gasteiger partial charge in [0.05, 0.1) is 19.3 Å². The van der Waals surface area contributed by atoms with Crippen molar-refractivity contribution in [2.24, 2.45) is 0 Å². The molecule has 2 N–H and O–H groups in total. The Morgan fingerprint density at radius 3 is 2.43 bits per heavy atom. The number of aliphatic hydroxyl groups excluding tert-OH is 2. The molecule has 0 aromatic rings. The van der Waals surface area contributed by atoms with E-state index in [1.807, 2.05) is 25.7 Å². The van der Waals surface area contributed by atoms with E-state index in [-0.39, 0.29) is 6.61 Å². The third-order valence-corrected chi connectivity index (χ3v) is 2.08. The summed E-state index contributed by atoms with van der Waals surface area (Å²) in [5.74, 6) is 0. The average molecular weight is 205 g/mol. The molecule has 0 aliphatic carbocycles. The van der Waals surface area contributed by atoms with Crippen LogP contribution in [0.4, 0.5) is 0 Å². The summed E-state index contributed by atoms with van der Waals surface area (Å²) >= 11 is 0. The van der Waals surface area contributed by atoms with E-state index >= 15 is 0 Å². The van der Waals surface area contributed by atoms with Gasteiger partial charge in [0, 0.05) is 25.7 Å². The fourth-order valence-electron chi connectivity index (χ4n) is 1.27. The van der Waals surface area contributed by atoms with Crippen molar-refractivity contribution in [3.63, 3.8) is 0 Å². The molecule has 0 bridgehead atoms. The lowest BCUT2D eigenvalue weighted by Gasteiger charge is -2.27. The summed E-state index contributed by atoms with van der Waals surface area (Å²) in [4.78, 5) is 2.03. The van der Waals surface area contributed by atoms with E-state index in [1.54, 1.807) is 0 Å². The first kappa shape index (κ1) is 13.8. The van der Waals surface area contributed by atoms with Gasteiger partial charge in [-0.25, -0.2) is 0 Å². The molecule has 0 aromatic carbocycles. The van der Waals surface area contributed by atoms with Gasteiger partial charge in [0.2, 0.25) is 0 Å². The summed E-state index contributed by atoms with van der Waals surface area (Å²) in [5.41, 5.74) is 0. The van der Waals surface area contributed by atoms with Crippen LogP contribution in [0.25, 0.3) is 0 Å². The molecule has 0 spiro atoms. The van der Waals surface area contributed by atoms with Crippen LogP contribution in [-0.2, 0) is 4.74 Å². The minimum atomic E-state index is -0.469. The van der Waals surface area contributed by atoms with E-state index in [0.717, 1.165) is 0 Å². The number of hydrogen-bond donors (Lipinski definition) is 2. The third kappa shape index (κ3) is 6.32. The molecule has 4 nitrogen and oxygen atoms in total. The first-order valence-electron chi connectivity index (χ1n) is 5.22. The van der Waals surface area contributed by atoms with Crippen LogP contribution in [0.15, 0.2) is 0 Å². The van der Waals surface area contributed by atoms with E-state index in [1.165, 1.54) is 0 Å². The van der Waals surface area contributed by atoms with Crippen molar-refractivity contribution < 1.29 is 14.9 Å². The molecule has 0 amide bonds. The Hall–Kier alpha value is -0.160. The zero-order chi connectivity index (χ0) is 11.0. The Bertz CT molecular complexity index is 131. The third-order valence-electron chi connectivity index (χ3n) is 2.08. The molecule has 0 aromatic heterocycles. The highest BCUT2D eigenvalue weighted by molar-refractivity contribution is 4.67. The molecule has 0 aliphatic heterocycles. The van der Waals surface area contributed by atoms with Gasteiger partial charge in [-0.15, -0.1) is 0 Å². The predicted octanol–water partition coefficient (Wildman–Crippen LogP) is 0.0865. The summed E-state index contributed by atoms with van der Waals surface area (Å²) in [5, 5.41) is 18.4. The second-order valence-corrected chi connectivity index (χ2v) is 3.63. The van der Waals surface area contributed by atoms with E-state index in [4.69, 9.17) is 9.84 Å². The molecule has 4 heteroatoms. The number of rotatable bonds is 8. The van der Waals surface area contributed by atoms with Gasteiger partial charge in [-0.2, -0.15) is 0 Å². The average Bonchev–Trinajstić information content (AvgIpc) is 2.14. The van der Waals surface area contributed by atoms with E-state index in [0.29, 0.717) is 32.3 Å². The van der Waals surface area contributed by atoms with Crippen molar-refractivity contribution in [2.45, 2.75) is 32.9 Å². The minimum Gasteiger partial charge on any atom is -0.395 e. The quantitative estimate of drug-likeness (QED) is 0.589. The Kier molecular flexibility index (Phi) is 8.08. The number of aliphatic hydroxyl groups is 2. The van der Waals surface area contributed by atoms with Gasteiger partial charge < -0.3 is 14.9 Å². The normalized spacial score (nSPS) is 13.9. The van der Waals surface area contributed by atoms with Gasteiger partial charge in [0.1, 0.15) is 0 Å². The molecular formula is C10H23NO3. The summed E-state index contributed by atoms with van der Waals surface area (Å²) in [6.07, 6.45) is -0.469. The molecule has 0 heterocycles. The predicted molar refractivity (Wildman–Crippen MR) is 56.3 cm³/mol. The smallest absolute Gasteiger partial charge is 0.0900 e. The van der Waals surface area contributed by atoms with Gasteiger partial charge in [0.15, 0.2) is 0 Å². The summed E-state index contributed by atoms with van der Waals surface area (Å²) in [6, 6.07) is 0.332. The largest absolute Gasteiger partial charge is 0.395 e. The molecule has 0 radical (unpaired) electrons. The second kappa shape index (κ2) is 8.17. The maximum Gasteiger partial charge on any atom is 0.0900 e. The Morgan fingerprint density at radius 2 is 2.00 bits per heavy atom. The van der Waals surface area contributed by atoms with Crippen LogP contribution >= 0.6 is 0 Å². The standard InChI is InChI=1S/C10H23NO3/c1-4-14-8-10(13)7-11(5-6-12)9(2)3/h9-10,12-13H,4-8H2,1-3H3. The van der Waals surface area contributed by atoms with E-state index in [9.17, 15) is 5.11 Å². The van der Waals surface area contributed by atoms with Crippen molar-refractivity contribution in [1.82, 2.24) is 4.90 Å². The highest BCUT2D eigenvalue weighted by atomic mass is 16.5. The molecule has 0 rings (SSSR count). The number of nitrogens with zero attached hydrogens (tertiary/aromatic N) is 1. The van der Waals surface area contributed by atoms with Gasteiger partial charge in [-0.3, -0.25) is 4.90 Å². The first-order chi connectivity index (χ1) is 6.61. The van der Waals surface area contributed by atoms with Crippen LogP contribution in [0, 0.1) is 0 Å². The monoisotopic (exact) mass is 205 g/mol. The van der Waals surface area contributed by atoms with Crippen LogP contribution in [0.1, 0.15) is 20.8 Å². The number of hydrogen-bond acceptors (Lipinski definition) is 4. The molecule has 1 unspecified atom stereocenters. The lowest BCUT2D eigenvalue weighted by Crippen LogP contribution is -2.40. The molecule has 86 valence electrons. The van der Waals surface area contributed by atoms with Crippen molar-refractivity contribution in [1.29, 1.82) is 0 Å². The molecule has 0 aliphatic rings. The summed E-state index contributed by atoms with van der Waals surface area (Å²) < 4.78 is 5.11. The zero-order valence-corrected chi connectivity index (χ0v) is 9.44. The van der Waals surface area contributed by atoms with Crippen LogP contribution < -0.4 is 0 Å². The minimum absolute atomic E-state index is 0.125. The lowest BCUT2D eigenvalue weighted by atomic mass is 10.2. The van der Waals surface area contributed by atoms with Crippen LogP contribution in [0.5, 0.6) is 0 Å². The maximum absolute atomic E-state index is 9.58. The molecule has 0 saturated carbocycles. The van der Waals surface area contributed by atoms with Gasteiger partial charge in [0.25, 0.3) is 0 Å². The summed E-state index contributed by atoms with van der Waals surface area (Å²) in [7, 11) is 0. The van der Waals surface area contributed by atoms with Gasteiger partial charge >= 0.3 is 0 Å². The Balaban J connectivity index is 3.77. The summed E-state index contributed by atoms with van der Waals surface area (Å²) in [6.45, 7) is 8.26. The SMILES string of the molecule is CCOCC(O)CN(CCO)C(C)C. The lowest BCUT2D eigenvalue weighted by molar-refractivity contribution is 0.0119. The van der Waals surface area contributed by atoms with Crippen molar-refractivity contribution in [3.8, 4) is 0 Å². The van der Waals surface area contributed by atoms with Gasteiger partial charge in [-0.1, -0.05) is 0 Å². The van der Waals surface area contributed by atoms with Crippen LogP contribution in [0.3, 0.4) is 0 Å². The first-order valence-corrected chi connectivity index (χ1v) is 5.22. The van der Waals surface area contributed by atoms with Crippen molar-refractivity contribution in [2.75, 3.05) is 32.9 Å². The fraction of sp³-hybridized carbons (Fsp3) is 1.00. The second-order valence-electron chi connectivity index (χ2n) is 3.63. The van der Waals surface area contributed by atoms with Crippen LogP contribution in [-0.4, -0.2) is 60.2 Å². The molecule has 0 fully saturated rings. The maximum atomic E-state index is 9.58. The van der Waals surface area contributed by atoms with Crippen molar-refractivity contribution in [3.05, 3.63) is 0 Å². The molecule has 0 saturated heterocycles. The van der Waals surface area contributed by atoms with E-state index < -0.39 is 6.10 Å². The Labute approximate surface area is 86.5 Å². The fourth-order valence-corrected chi connectivity index (χ4v) is 1.27. The van der Waals surface area contributed by atoms with Crippen molar-refractivity contribution >= 4 is 0 Å². The van der Waals surface area contributed by atoms with Crippen LogP contribution in [0.2, 0.25) is 0 Å². The molecule has 1 atom stereocenters. The Morgan fingerprint density at radius 1 is 1.36 bits per heavy atom. The molecule has 14 heavy (non-hydrogen) atoms. The zero-order valence-electron chi connectivity index (χ0n) is 9.44. The molecular weight excluding hydrogens is 182 g/mol. The van der Waals surface area contributed by atoms with Gasteiger partial charge in [-0.05, 0) is 20.8 Å².